The number of carbonyl (C=O) groups is 1. The fourth-order valence-electron chi connectivity index (χ4n) is 2.16. The van der Waals surface area contributed by atoms with Crippen LogP contribution in [-0.2, 0) is 11.2 Å². The number of hydrogen-bond donors (Lipinski definition) is 1. The van der Waals surface area contributed by atoms with Crippen LogP contribution in [0.5, 0.6) is 11.5 Å². The molecule has 126 valence electrons. The number of hydrogen-bond acceptors (Lipinski definition) is 5. The lowest BCUT2D eigenvalue weighted by Gasteiger charge is -2.10. The largest absolute Gasteiger partial charge is 0.497 e. The molecule has 1 amide bonds. The summed E-state index contributed by atoms with van der Waals surface area (Å²) in [5.41, 5.74) is 1.33. The number of nitro benzene ring substituents is 1. The molecule has 0 fully saturated rings. The molecular formula is C17H18N2O5. The Labute approximate surface area is 139 Å². The number of rotatable bonds is 7. The third-order valence-corrected chi connectivity index (χ3v) is 3.47. The van der Waals surface area contributed by atoms with Crippen LogP contribution in [0.25, 0.3) is 0 Å². The monoisotopic (exact) mass is 330 g/mol. The standard InChI is InChI=1S/C17H18N2O5/c1-23-14-7-3-12(4-8-14)5-10-17(20)18-15-9-6-13(19(21)22)11-16(15)24-2/h3-4,6-9,11H,5,10H2,1-2H3,(H,18,20). The minimum Gasteiger partial charge on any atom is -0.497 e. The van der Waals surface area contributed by atoms with E-state index in [0.717, 1.165) is 11.3 Å². The van der Waals surface area contributed by atoms with Crippen molar-refractivity contribution in [3.63, 3.8) is 0 Å². The maximum absolute atomic E-state index is 12.1. The Kier molecular flexibility index (Phi) is 5.73. The van der Waals surface area contributed by atoms with Crippen LogP contribution in [0.15, 0.2) is 42.5 Å². The summed E-state index contributed by atoms with van der Waals surface area (Å²) in [7, 11) is 2.99. The molecule has 0 saturated carbocycles. The van der Waals surface area contributed by atoms with E-state index in [1.807, 2.05) is 24.3 Å². The molecule has 0 atom stereocenters. The van der Waals surface area contributed by atoms with Crippen LogP contribution in [0, 0.1) is 10.1 Å². The average molecular weight is 330 g/mol. The van der Waals surface area contributed by atoms with E-state index in [1.165, 1.54) is 25.3 Å². The molecule has 0 bridgehead atoms. The first-order valence-electron chi connectivity index (χ1n) is 7.28. The molecule has 1 N–H and O–H groups in total. The van der Waals surface area contributed by atoms with Gasteiger partial charge in [0.2, 0.25) is 5.91 Å². The minimum atomic E-state index is -0.516. The highest BCUT2D eigenvalue weighted by molar-refractivity contribution is 5.92. The summed E-state index contributed by atoms with van der Waals surface area (Å²) in [5.74, 6) is 0.818. The summed E-state index contributed by atoms with van der Waals surface area (Å²) < 4.78 is 10.2. The third kappa shape index (κ3) is 4.45. The quantitative estimate of drug-likeness (QED) is 0.622. The molecule has 0 aliphatic carbocycles. The van der Waals surface area contributed by atoms with Crippen molar-refractivity contribution in [1.29, 1.82) is 0 Å². The molecule has 7 nitrogen and oxygen atoms in total. The van der Waals surface area contributed by atoms with Crippen molar-refractivity contribution in [2.75, 3.05) is 19.5 Å². The highest BCUT2D eigenvalue weighted by atomic mass is 16.6. The van der Waals surface area contributed by atoms with Gasteiger partial charge >= 0.3 is 0 Å². The normalized spacial score (nSPS) is 10.1. The molecule has 0 saturated heterocycles. The van der Waals surface area contributed by atoms with Gasteiger partial charge in [0.25, 0.3) is 5.69 Å². The second-order valence-corrected chi connectivity index (χ2v) is 5.04. The van der Waals surface area contributed by atoms with Crippen molar-refractivity contribution in [2.45, 2.75) is 12.8 Å². The van der Waals surface area contributed by atoms with Crippen molar-refractivity contribution < 1.29 is 19.2 Å². The number of nitro groups is 1. The van der Waals surface area contributed by atoms with Crippen LogP contribution in [0.3, 0.4) is 0 Å². The van der Waals surface area contributed by atoms with Crippen molar-refractivity contribution in [3.8, 4) is 11.5 Å². The second-order valence-electron chi connectivity index (χ2n) is 5.04. The molecule has 0 unspecified atom stereocenters. The summed E-state index contributed by atoms with van der Waals surface area (Å²) >= 11 is 0. The summed E-state index contributed by atoms with van der Waals surface area (Å²) in [6.07, 6.45) is 0.859. The Morgan fingerprint density at radius 3 is 2.42 bits per heavy atom. The molecule has 0 aliphatic heterocycles. The summed E-state index contributed by atoms with van der Waals surface area (Å²) in [5, 5.41) is 13.5. The predicted octanol–water partition coefficient (Wildman–Crippen LogP) is 3.18. The van der Waals surface area contributed by atoms with Crippen molar-refractivity contribution >= 4 is 17.3 Å². The van der Waals surface area contributed by atoms with Crippen LogP contribution in [0.1, 0.15) is 12.0 Å². The number of amides is 1. The zero-order valence-electron chi connectivity index (χ0n) is 13.4. The predicted molar refractivity (Wildman–Crippen MR) is 89.6 cm³/mol. The fraction of sp³-hybridized carbons (Fsp3) is 0.235. The Bertz CT molecular complexity index is 728. The van der Waals surface area contributed by atoms with Gasteiger partial charge in [-0.2, -0.15) is 0 Å². The summed E-state index contributed by atoms with van der Waals surface area (Å²) in [6, 6.07) is 11.5. The zero-order valence-corrected chi connectivity index (χ0v) is 13.4. The van der Waals surface area contributed by atoms with E-state index in [0.29, 0.717) is 12.1 Å². The average Bonchev–Trinajstić information content (AvgIpc) is 2.60. The van der Waals surface area contributed by atoms with Crippen LogP contribution >= 0.6 is 0 Å². The van der Waals surface area contributed by atoms with E-state index in [2.05, 4.69) is 5.32 Å². The van der Waals surface area contributed by atoms with Crippen molar-refractivity contribution in [1.82, 2.24) is 0 Å². The van der Waals surface area contributed by atoms with E-state index in [9.17, 15) is 14.9 Å². The molecule has 7 heteroatoms. The van der Waals surface area contributed by atoms with Gasteiger partial charge in [0.15, 0.2) is 0 Å². The lowest BCUT2D eigenvalue weighted by molar-refractivity contribution is -0.384. The number of non-ortho nitro benzene ring substituents is 1. The van der Waals surface area contributed by atoms with Gasteiger partial charge < -0.3 is 14.8 Å². The molecule has 2 aromatic carbocycles. The first kappa shape index (κ1) is 17.3. The maximum Gasteiger partial charge on any atom is 0.273 e. The van der Waals surface area contributed by atoms with Crippen LogP contribution in [-0.4, -0.2) is 25.1 Å². The molecule has 0 radical (unpaired) electrons. The SMILES string of the molecule is COc1ccc(CCC(=O)Nc2ccc([N+](=O)[O-])cc2OC)cc1. The lowest BCUT2D eigenvalue weighted by atomic mass is 10.1. The molecule has 0 spiro atoms. The number of methoxy groups -OCH3 is 2. The maximum atomic E-state index is 12.1. The van der Waals surface area contributed by atoms with Crippen molar-refractivity contribution in [2.24, 2.45) is 0 Å². The summed E-state index contributed by atoms with van der Waals surface area (Å²) in [4.78, 5) is 22.3. The summed E-state index contributed by atoms with van der Waals surface area (Å²) in [6.45, 7) is 0. The van der Waals surface area contributed by atoms with E-state index in [-0.39, 0.29) is 23.8 Å². The van der Waals surface area contributed by atoms with Crippen LogP contribution in [0.4, 0.5) is 11.4 Å². The van der Waals surface area contributed by atoms with Gasteiger partial charge in [0.1, 0.15) is 11.5 Å². The van der Waals surface area contributed by atoms with Crippen molar-refractivity contribution in [3.05, 3.63) is 58.1 Å². The topological polar surface area (TPSA) is 90.7 Å². The number of aryl methyl sites for hydroxylation is 1. The number of carbonyl (C=O) groups excluding carboxylic acids is 1. The minimum absolute atomic E-state index is 0.0944. The molecule has 0 aliphatic rings. The Hall–Kier alpha value is -3.09. The smallest absolute Gasteiger partial charge is 0.273 e. The van der Waals surface area contributed by atoms with E-state index < -0.39 is 4.92 Å². The molecule has 0 aromatic heterocycles. The Morgan fingerprint density at radius 2 is 1.83 bits per heavy atom. The van der Waals surface area contributed by atoms with Gasteiger partial charge in [-0.25, -0.2) is 0 Å². The second kappa shape index (κ2) is 7.96. The van der Waals surface area contributed by atoms with Crippen LogP contribution in [0.2, 0.25) is 0 Å². The molecular weight excluding hydrogens is 312 g/mol. The number of nitrogens with one attached hydrogen (secondary N) is 1. The molecule has 24 heavy (non-hydrogen) atoms. The van der Waals surface area contributed by atoms with E-state index in [1.54, 1.807) is 7.11 Å². The van der Waals surface area contributed by atoms with Gasteiger partial charge in [-0.15, -0.1) is 0 Å². The van der Waals surface area contributed by atoms with Gasteiger partial charge in [0.05, 0.1) is 30.9 Å². The Morgan fingerprint density at radius 1 is 1.12 bits per heavy atom. The lowest BCUT2D eigenvalue weighted by Crippen LogP contribution is -2.13. The zero-order chi connectivity index (χ0) is 17.5. The van der Waals surface area contributed by atoms with Gasteiger partial charge in [-0.1, -0.05) is 12.1 Å². The first-order valence-corrected chi connectivity index (χ1v) is 7.28. The molecule has 2 aromatic rings. The highest BCUT2D eigenvalue weighted by Gasteiger charge is 2.13. The van der Waals surface area contributed by atoms with E-state index >= 15 is 0 Å². The number of ether oxygens (including phenoxy) is 2. The molecule has 0 heterocycles. The van der Waals surface area contributed by atoms with Gasteiger partial charge in [0, 0.05) is 12.5 Å². The number of benzene rings is 2. The van der Waals surface area contributed by atoms with E-state index in [4.69, 9.17) is 9.47 Å². The Balaban J connectivity index is 1.97. The highest BCUT2D eigenvalue weighted by Crippen LogP contribution is 2.29. The first-order chi connectivity index (χ1) is 11.5. The molecule has 2 rings (SSSR count). The number of nitrogens with zero attached hydrogens (tertiary/aromatic N) is 1. The van der Waals surface area contributed by atoms with Crippen LogP contribution < -0.4 is 14.8 Å². The van der Waals surface area contributed by atoms with Gasteiger partial charge in [-0.05, 0) is 30.2 Å². The third-order valence-electron chi connectivity index (χ3n) is 3.47. The fourth-order valence-corrected chi connectivity index (χ4v) is 2.16. The van der Waals surface area contributed by atoms with Gasteiger partial charge in [-0.3, -0.25) is 14.9 Å². The number of anilines is 1.